The molecule has 0 aliphatic heterocycles. The van der Waals surface area contributed by atoms with Gasteiger partial charge in [0, 0.05) is 28.7 Å². The van der Waals surface area contributed by atoms with E-state index in [-0.39, 0.29) is 24.0 Å². The van der Waals surface area contributed by atoms with Crippen LogP contribution < -0.4 is 10.6 Å². The van der Waals surface area contributed by atoms with Gasteiger partial charge >= 0.3 is 0 Å². The van der Waals surface area contributed by atoms with Crippen molar-refractivity contribution in [2.75, 3.05) is 13.1 Å². The molecule has 0 bridgehead atoms. The third-order valence-corrected chi connectivity index (χ3v) is 4.20. The van der Waals surface area contributed by atoms with Crippen LogP contribution in [0, 0.1) is 13.8 Å². The first-order valence-electron chi connectivity index (χ1n) is 7.89. The van der Waals surface area contributed by atoms with Crippen LogP contribution >= 0.6 is 47.2 Å². The highest BCUT2D eigenvalue weighted by atomic mass is 127. The highest BCUT2D eigenvalue weighted by molar-refractivity contribution is 14.0. The summed E-state index contributed by atoms with van der Waals surface area (Å²) in [4.78, 5) is 4.57. The molecule has 2 aromatic rings. The van der Waals surface area contributed by atoms with Gasteiger partial charge in [0.15, 0.2) is 5.96 Å². The van der Waals surface area contributed by atoms with E-state index >= 15 is 0 Å². The summed E-state index contributed by atoms with van der Waals surface area (Å²) in [5.74, 6) is 1.61. The van der Waals surface area contributed by atoms with Crippen molar-refractivity contribution in [3.63, 3.8) is 0 Å². The normalized spacial score (nSPS) is 11.2. The van der Waals surface area contributed by atoms with Crippen LogP contribution in [0.2, 0.25) is 10.0 Å². The van der Waals surface area contributed by atoms with Gasteiger partial charge in [-0.1, -0.05) is 34.4 Å². The third kappa shape index (κ3) is 6.67. The van der Waals surface area contributed by atoms with Gasteiger partial charge in [-0.3, -0.25) is 0 Å². The second-order valence-corrected chi connectivity index (χ2v) is 6.25. The van der Waals surface area contributed by atoms with Crippen molar-refractivity contribution in [1.29, 1.82) is 0 Å². The first-order valence-corrected chi connectivity index (χ1v) is 8.64. The van der Waals surface area contributed by atoms with Gasteiger partial charge in [0.1, 0.15) is 5.76 Å². The van der Waals surface area contributed by atoms with Crippen molar-refractivity contribution in [2.45, 2.75) is 33.7 Å². The summed E-state index contributed by atoms with van der Waals surface area (Å²) in [6.07, 6.45) is 0.827. The van der Waals surface area contributed by atoms with Crippen LogP contribution in [-0.2, 0) is 13.0 Å². The number of guanidine groups is 1. The number of nitrogens with zero attached hydrogens (tertiary/aromatic N) is 2. The summed E-state index contributed by atoms with van der Waals surface area (Å²) in [5.41, 5.74) is 3.01. The molecule has 138 valence electrons. The van der Waals surface area contributed by atoms with E-state index in [2.05, 4.69) is 20.8 Å². The van der Waals surface area contributed by atoms with Gasteiger partial charge in [0.25, 0.3) is 0 Å². The van der Waals surface area contributed by atoms with Crippen molar-refractivity contribution in [3.05, 3.63) is 50.8 Å². The second kappa shape index (κ2) is 10.9. The average molecular weight is 497 g/mol. The molecule has 1 aromatic heterocycles. The molecule has 2 N–H and O–H groups in total. The van der Waals surface area contributed by atoms with Crippen LogP contribution in [0.3, 0.4) is 0 Å². The Kier molecular flexibility index (Phi) is 9.60. The lowest BCUT2D eigenvalue weighted by Crippen LogP contribution is -2.38. The minimum Gasteiger partial charge on any atom is -0.361 e. The molecule has 0 atom stereocenters. The smallest absolute Gasteiger partial charge is 0.191 e. The van der Waals surface area contributed by atoms with Crippen molar-refractivity contribution in [1.82, 2.24) is 15.8 Å². The van der Waals surface area contributed by atoms with E-state index in [1.165, 1.54) is 0 Å². The Morgan fingerprint density at radius 1 is 1.24 bits per heavy atom. The number of hydrogen-bond donors (Lipinski definition) is 2. The first-order chi connectivity index (χ1) is 11.5. The predicted molar refractivity (Wildman–Crippen MR) is 114 cm³/mol. The molecular weight excluding hydrogens is 474 g/mol. The summed E-state index contributed by atoms with van der Waals surface area (Å²) in [6.45, 7) is 7.91. The number of rotatable bonds is 6. The Hall–Kier alpha value is -0.990. The Bertz CT molecular complexity index is 699. The lowest BCUT2D eigenvalue weighted by atomic mass is 10.1. The molecule has 0 aliphatic carbocycles. The Balaban J connectivity index is 0.00000312. The van der Waals surface area contributed by atoms with Crippen LogP contribution in [0.5, 0.6) is 0 Å². The highest BCUT2D eigenvalue weighted by Gasteiger charge is 2.08. The lowest BCUT2D eigenvalue weighted by Gasteiger charge is -2.11. The summed E-state index contributed by atoms with van der Waals surface area (Å²) >= 11 is 12.1. The van der Waals surface area contributed by atoms with Crippen molar-refractivity contribution in [3.8, 4) is 0 Å². The lowest BCUT2D eigenvalue weighted by molar-refractivity contribution is 0.392. The molecule has 1 heterocycles. The van der Waals surface area contributed by atoms with Gasteiger partial charge in [0.2, 0.25) is 0 Å². The molecule has 0 amide bonds. The minimum atomic E-state index is 0. The van der Waals surface area contributed by atoms with E-state index in [0.29, 0.717) is 16.6 Å². The van der Waals surface area contributed by atoms with Crippen LogP contribution in [0.4, 0.5) is 0 Å². The second-order valence-electron chi connectivity index (χ2n) is 5.41. The molecule has 0 saturated carbocycles. The van der Waals surface area contributed by atoms with Crippen LogP contribution in [0.1, 0.15) is 29.5 Å². The van der Waals surface area contributed by atoms with Gasteiger partial charge in [0.05, 0.1) is 12.2 Å². The van der Waals surface area contributed by atoms with Gasteiger partial charge in [-0.2, -0.15) is 0 Å². The Morgan fingerprint density at radius 3 is 2.60 bits per heavy atom. The van der Waals surface area contributed by atoms with Crippen LogP contribution in [-0.4, -0.2) is 24.2 Å². The topological polar surface area (TPSA) is 62.5 Å². The standard InChI is InChI=1S/C17H22Cl2N4O.HI/c1-4-20-17(21-8-7-15-11(2)23-24-12(15)3)22-10-13-5-6-14(18)9-16(13)19;/h5-6,9H,4,7-8,10H2,1-3H3,(H2,20,21,22);1H. The average Bonchev–Trinajstić information content (AvgIpc) is 2.85. The molecule has 0 fully saturated rings. The van der Waals surface area contributed by atoms with E-state index in [9.17, 15) is 0 Å². The number of aromatic nitrogens is 1. The van der Waals surface area contributed by atoms with Crippen LogP contribution in [0.15, 0.2) is 27.7 Å². The van der Waals surface area contributed by atoms with Gasteiger partial charge < -0.3 is 15.2 Å². The zero-order valence-corrected chi connectivity index (χ0v) is 18.4. The fourth-order valence-electron chi connectivity index (χ4n) is 2.32. The van der Waals surface area contributed by atoms with Crippen molar-refractivity contribution < 1.29 is 4.52 Å². The quantitative estimate of drug-likeness (QED) is 0.351. The molecule has 25 heavy (non-hydrogen) atoms. The Morgan fingerprint density at radius 2 is 2.00 bits per heavy atom. The highest BCUT2D eigenvalue weighted by Crippen LogP contribution is 2.21. The summed E-state index contributed by atoms with van der Waals surface area (Å²) in [5, 5.41) is 11.8. The van der Waals surface area contributed by atoms with Crippen LogP contribution in [0.25, 0.3) is 0 Å². The number of benzene rings is 1. The molecule has 2 rings (SSSR count). The van der Waals surface area contributed by atoms with Crippen molar-refractivity contribution >= 4 is 53.1 Å². The number of aryl methyl sites for hydroxylation is 2. The molecule has 0 aliphatic rings. The fourth-order valence-corrected chi connectivity index (χ4v) is 2.79. The van der Waals surface area contributed by atoms with Crippen molar-refractivity contribution in [2.24, 2.45) is 4.99 Å². The number of aliphatic imine (C=N–C) groups is 1. The number of halogens is 3. The van der Waals surface area contributed by atoms with E-state index in [1.807, 2.05) is 32.9 Å². The van der Waals surface area contributed by atoms with E-state index in [4.69, 9.17) is 27.7 Å². The Labute approximate surface area is 175 Å². The third-order valence-electron chi connectivity index (χ3n) is 3.62. The molecule has 0 spiro atoms. The van der Waals surface area contributed by atoms with E-state index in [1.54, 1.807) is 6.07 Å². The zero-order valence-electron chi connectivity index (χ0n) is 14.5. The maximum atomic E-state index is 6.18. The molecule has 0 saturated heterocycles. The van der Waals surface area contributed by atoms with Gasteiger partial charge in [-0.25, -0.2) is 4.99 Å². The maximum absolute atomic E-state index is 6.18. The molecule has 0 unspecified atom stereocenters. The number of hydrogen-bond acceptors (Lipinski definition) is 3. The largest absolute Gasteiger partial charge is 0.361 e. The molecule has 5 nitrogen and oxygen atoms in total. The zero-order chi connectivity index (χ0) is 17.5. The van der Waals surface area contributed by atoms with E-state index in [0.717, 1.165) is 48.1 Å². The number of nitrogens with one attached hydrogen (secondary N) is 2. The predicted octanol–water partition coefficient (Wildman–Crippen LogP) is 4.51. The summed E-state index contributed by atoms with van der Waals surface area (Å²) in [7, 11) is 0. The molecule has 1 aromatic carbocycles. The molecular formula is C17H23Cl2IN4O. The monoisotopic (exact) mass is 496 g/mol. The SMILES string of the molecule is CCNC(=NCc1ccc(Cl)cc1Cl)NCCc1c(C)noc1C.I. The first kappa shape index (κ1) is 22.1. The fraction of sp³-hybridized carbons (Fsp3) is 0.412. The molecule has 8 heteroatoms. The van der Waals surface area contributed by atoms with E-state index < -0.39 is 0 Å². The maximum Gasteiger partial charge on any atom is 0.191 e. The summed E-state index contributed by atoms with van der Waals surface area (Å²) < 4.78 is 5.18. The van der Waals surface area contributed by atoms with Gasteiger partial charge in [-0.15, -0.1) is 24.0 Å². The molecule has 0 radical (unpaired) electrons. The summed E-state index contributed by atoms with van der Waals surface area (Å²) in [6, 6.07) is 5.43. The van der Waals surface area contributed by atoms with Gasteiger partial charge in [-0.05, 0) is 44.9 Å². The minimum absolute atomic E-state index is 0.